The van der Waals surface area contributed by atoms with E-state index in [0.29, 0.717) is 24.5 Å². The van der Waals surface area contributed by atoms with Gasteiger partial charge in [-0.3, -0.25) is 4.79 Å². The summed E-state index contributed by atoms with van der Waals surface area (Å²) in [7, 11) is -3.29. The number of nitrogens with one attached hydrogen (secondary N) is 2. The van der Waals surface area contributed by atoms with Crippen molar-refractivity contribution in [3.63, 3.8) is 0 Å². The zero-order valence-electron chi connectivity index (χ0n) is 16.7. The van der Waals surface area contributed by atoms with Crippen LogP contribution in [0.15, 0.2) is 10.6 Å². The molecule has 4 heterocycles. The Morgan fingerprint density at radius 3 is 2.59 bits per heavy atom. The van der Waals surface area contributed by atoms with Crippen LogP contribution in [0.3, 0.4) is 0 Å². The molecule has 3 saturated heterocycles. The van der Waals surface area contributed by atoms with Gasteiger partial charge in [0.15, 0.2) is 5.69 Å². The summed E-state index contributed by atoms with van der Waals surface area (Å²) < 4.78 is 33.3. The molecule has 0 aromatic carbocycles. The Kier molecular flexibility index (Phi) is 5.16. The van der Waals surface area contributed by atoms with Crippen molar-refractivity contribution < 1.29 is 17.7 Å². The van der Waals surface area contributed by atoms with Crippen LogP contribution >= 0.6 is 0 Å². The number of carbonyl (C=O) groups is 1. The second-order valence-corrected chi connectivity index (χ2v) is 11.1. The lowest BCUT2D eigenvalue weighted by Gasteiger charge is -2.39. The summed E-state index contributed by atoms with van der Waals surface area (Å²) >= 11 is 0. The van der Waals surface area contributed by atoms with Gasteiger partial charge in [0.25, 0.3) is 5.91 Å². The molecule has 1 aromatic heterocycles. The lowest BCUT2D eigenvalue weighted by molar-refractivity contribution is 0.0900. The average Bonchev–Trinajstić information content (AvgIpc) is 3.34. The highest BCUT2D eigenvalue weighted by molar-refractivity contribution is 7.89. The molecule has 3 aliphatic heterocycles. The Balaban J connectivity index is 1.20. The fourth-order valence-electron chi connectivity index (χ4n) is 5.33. The number of hydrogen-bond acceptors (Lipinski definition) is 6. The van der Waals surface area contributed by atoms with Crippen molar-refractivity contribution in [2.24, 2.45) is 0 Å². The first-order valence-electron chi connectivity index (χ1n) is 11.0. The van der Waals surface area contributed by atoms with Crippen molar-refractivity contribution in [2.45, 2.75) is 87.9 Å². The monoisotopic (exact) mass is 422 g/mol. The number of rotatable bonds is 6. The summed E-state index contributed by atoms with van der Waals surface area (Å²) in [6, 6.07) is 1.79. The minimum Gasteiger partial charge on any atom is -0.360 e. The standard InChI is InChI=1S/C20H30N4O4S/c25-20(18-11-19(28-23-18)13-4-5-13)22-15-9-16-6-7-17(10-15)24(16)29(26,27)12-14-3-1-2-8-21-14/h11,13-17,21H,1-10,12H2,(H,22,25)/t14-,15?,16-,17+/m0/s1. The third-order valence-electron chi connectivity index (χ3n) is 6.89. The third-order valence-corrected chi connectivity index (χ3v) is 8.95. The zero-order valence-corrected chi connectivity index (χ0v) is 17.5. The zero-order chi connectivity index (χ0) is 20.0. The molecule has 2 N–H and O–H groups in total. The van der Waals surface area contributed by atoms with E-state index in [9.17, 15) is 13.2 Å². The lowest BCUT2D eigenvalue weighted by Crippen LogP contribution is -2.54. The predicted molar refractivity (Wildman–Crippen MR) is 107 cm³/mol. The van der Waals surface area contributed by atoms with Crippen molar-refractivity contribution in [1.29, 1.82) is 0 Å². The SMILES string of the molecule is O=C(NC1C[C@H]2CC[C@@H](C1)N2S(=O)(=O)C[C@@H]1CCCCN1)c1cc(C2CC2)on1. The van der Waals surface area contributed by atoms with E-state index in [1.807, 2.05) is 0 Å². The highest BCUT2D eigenvalue weighted by Crippen LogP contribution is 2.40. The second-order valence-electron chi connectivity index (χ2n) is 9.17. The van der Waals surface area contributed by atoms with Gasteiger partial charge < -0.3 is 15.2 Å². The molecular formula is C20H30N4O4S. The molecule has 0 spiro atoms. The fourth-order valence-corrected chi connectivity index (χ4v) is 7.59. The average molecular weight is 423 g/mol. The van der Waals surface area contributed by atoms with E-state index >= 15 is 0 Å². The number of piperidine rings is 2. The molecule has 9 heteroatoms. The molecule has 1 aliphatic carbocycles. The maximum absolute atomic E-state index is 13.1. The number of carbonyl (C=O) groups excluding carboxylic acids is 1. The van der Waals surface area contributed by atoms with E-state index in [1.165, 1.54) is 0 Å². The van der Waals surface area contributed by atoms with Crippen LogP contribution in [0.5, 0.6) is 0 Å². The van der Waals surface area contributed by atoms with Crippen LogP contribution in [-0.4, -0.2) is 60.3 Å². The van der Waals surface area contributed by atoms with Crippen molar-refractivity contribution in [3.05, 3.63) is 17.5 Å². The molecule has 4 aliphatic rings. The third kappa shape index (κ3) is 4.09. The van der Waals surface area contributed by atoms with Gasteiger partial charge in [-0.1, -0.05) is 11.6 Å². The molecule has 4 atom stereocenters. The Morgan fingerprint density at radius 1 is 1.17 bits per heavy atom. The van der Waals surface area contributed by atoms with Crippen molar-refractivity contribution >= 4 is 15.9 Å². The summed E-state index contributed by atoms with van der Waals surface area (Å²) in [6.07, 6.45) is 8.46. The van der Waals surface area contributed by atoms with E-state index in [1.54, 1.807) is 10.4 Å². The Hall–Kier alpha value is -1.45. The van der Waals surface area contributed by atoms with Crippen molar-refractivity contribution in [3.8, 4) is 0 Å². The smallest absolute Gasteiger partial charge is 0.273 e. The largest absolute Gasteiger partial charge is 0.360 e. The lowest BCUT2D eigenvalue weighted by atomic mass is 9.99. The molecule has 1 amide bonds. The van der Waals surface area contributed by atoms with Gasteiger partial charge in [0, 0.05) is 36.2 Å². The van der Waals surface area contributed by atoms with Crippen LogP contribution in [0.2, 0.25) is 0 Å². The van der Waals surface area contributed by atoms with Gasteiger partial charge in [0.1, 0.15) is 5.76 Å². The van der Waals surface area contributed by atoms with Gasteiger partial charge in [-0.05, 0) is 57.9 Å². The number of hydrogen-bond donors (Lipinski definition) is 2. The van der Waals surface area contributed by atoms with Gasteiger partial charge in [0.2, 0.25) is 10.0 Å². The maximum Gasteiger partial charge on any atom is 0.273 e. The quantitative estimate of drug-likeness (QED) is 0.724. The van der Waals surface area contributed by atoms with Crippen LogP contribution in [0.1, 0.15) is 80.0 Å². The second kappa shape index (κ2) is 7.67. The molecule has 29 heavy (non-hydrogen) atoms. The van der Waals surface area contributed by atoms with Crippen molar-refractivity contribution in [2.75, 3.05) is 12.3 Å². The molecule has 1 unspecified atom stereocenters. The first kappa shape index (κ1) is 19.5. The van der Waals surface area contributed by atoms with E-state index in [-0.39, 0.29) is 35.8 Å². The van der Waals surface area contributed by atoms with Gasteiger partial charge in [0.05, 0.1) is 5.75 Å². The number of sulfonamides is 1. The number of fused-ring (bicyclic) bond motifs is 2. The van der Waals surface area contributed by atoms with Crippen LogP contribution < -0.4 is 10.6 Å². The van der Waals surface area contributed by atoms with Crippen LogP contribution in [-0.2, 0) is 10.0 Å². The molecule has 5 rings (SSSR count). The van der Waals surface area contributed by atoms with Gasteiger partial charge in [-0.2, -0.15) is 4.31 Å². The van der Waals surface area contributed by atoms with Crippen LogP contribution in [0, 0.1) is 0 Å². The normalized spacial score (nSPS) is 33.0. The summed E-state index contributed by atoms with van der Waals surface area (Å²) in [6.45, 7) is 0.908. The fraction of sp³-hybridized carbons (Fsp3) is 0.800. The highest BCUT2D eigenvalue weighted by atomic mass is 32.2. The molecule has 160 valence electrons. The first-order valence-corrected chi connectivity index (χ1v) is 12.6. The molecule has 4 fully saturated rings. The van der Waals surface area contributed by atoms with Gasteiger partial charge >= 0.3 is 0 Å². The molecule has 1 aromatic rings. The maximum atomic E-state index is 13.1. The minimum atomic E-state index is -3.29. The van der Waals surface area contributed by atoms with Crippen molar-refractivity contribution in [1.82, 2.24) is 20.1 Å². The van der Waals surface area contributed by atoms with Gasteiger partial charge in [-0.25, -0.2) is 8.42 Å². The Labute approximate surface area is 171 Å². The summed E-state index contributed by atoms with van der Waals surface area (Å²) in [5.74, 6) is 1.20. The van der Waals surface area contributed by atoms with E-state index in [2.05, 4.69) is 15.8 Å². The topological polar surface area (TPSA) is 105 Å². The summed E-state index contributed by atoms with van der Waals surface area (Å²) in [5.41, 5.74) is 0.331. The van der Waals surface area contributed by atoms with E-state index < -0.39 is 10.0 Å². The number of nitrogens with zero attached hydrogens (tertiary/aromatic N) is 2. The summed E-state index contributed by atoms with van der Waals surface area (Å²) in [5, 5.41) is 10.3. The minimum absolute atomic E-state index is 0.00743. The predicted octanol–water partition coefficient (Wildman–Crippen LogP) is 1.75. The first-order chi connectivity index (χ1) is 14.0. The number of aromatic nitrogens is 1. The molecule has 8 nitrogen and oxygen atoms in total. The molecule has 2 bridgehead atoms. The highest BCUT2D eigenvalue weighted by Gasteiger charge is 2.47. The van der Waals surface area contributed by atoms with Gasteiger partial charge in [-0.15, -0.1) is 0 Å². The molecule has 0 radical (unpaired) electrons. The summed E-state index contributed by atoms with van der Waals surface area (Å²) in [4.78, 5) is 12.6. The molecule has 1 saturated carbocycles. The number of amides is 1. The Bertz CT molecular complexity index is 846. The van der Waals surface area contributed by atoms with E-state index in [0.717, 1.165) is 57.3 Å². The van der Waals surface area contributed by atoms with Crippen LogP contribution in [0.4, 0.5) is 0 Å². The Morgan fingerprint density at radius 2 is 1.93 bits per heavy atom. The van der Waals surface area contributed by atoms with E-state index in [4.69, 9.17) is 4.52 Å². The molecular weight excluding hydrogens is 392 g/mol. The van der Waals surface area contributed by atoms with Crippen LogP contribution in [0.25, 0.3) is 0 Å².